The Kier molecular flexibility index (Phi) is 3.30. The van der Waals surface area contributed by atoms with Crippen molar-refractivity contribution in [2.24, 2.45) is 11.7 Å². The summed E-state index contributed by atoms with van der Waals surface area (Å²) < 4.78 is 11.0. The van der Waals surface area contributed by atoms with E-state index in [1.165, 1.54) is 0 Å². The van der Waals surface area contributed by atoms with Crippen molar-refractivity contribution in [1.29, 1.82) is 0 Å². The van der Waals surface area contributed by atoms with Gasteiger partial charge in [0, 0.05) is 5.92 Å². The zero-order chi connectivity index (χ0) is 8.27. The standard InChI is InChI=1S/C8H17NO2/c1-6(2)8-10-5-7(11-8)3-4-9/h6-8H,3-5,9H2,1-2H3. The van der Waals surface area contributed by atoms with E-state index in [1.807, 2.05) is 0 Å². The van der Waals surface area contributed by atoms with Gasteiger partial charge in [0.2, 0.25) is 0 Å². The molecular formula is C8H17NO2. The largest absolute Gasteiger partial charge is 0.350 e. The van der Waals surface area contributed by atoms with Crippen LogP contribution in [0.4, 0.5) is 0 Å². The predicted molar refractivity (Wildman–Crippen MR) is 43.1 cm³/mol. The van der Waals surface area contributed by atoms with Crippen LogP contribution in [-0.2, 0) is 9.47 Å². The van der Waals surface area contributed by atoms with Crippen molar-refractivity contribution < 1.29 is 9.47 Å². The first-order valence-corrected chi connectivity index (χ1v) is 4.21. The quantitative estimate of drug-likeness (QED) is 0.660. The lowest BCUT2D eigenvalue weighted by Crippen LogP contribution is -2.19. The summed E-state index contributed by atoms with van der Waals surface area (Å²) >= 11 is 0. The molecule has 0 aromatic carbocycles. The van der Waals surface area contributed by atoms with Crippen LogP contribution in [0.15, 0.2) is 0 Å². The molecule has 3 heteroatoms. The third-order valence-corrected chi connectivity index (χ3v) is 1.81. The van der Waals surface area contributed by atoms with Crippen LogP contribution >= 0.6 is 0 Å². The lowest BCUT2D eigenvalue weighted by Gasteiger charge is -2.13. The van der Waals surface area contributed by atoms with Crippen molar-refractivity contribution in [3.05, 3.63) is 0 Å². The zero-order valence-corrected chi connectivity index (χ0v) is 7.25. The smallest absolute Gasteiger partial charge is 0.160 e. The van der Waals surface area contributed by atoms with Gasteiger partial charge in [-0.3, -0.25) is 0 Å². The van der Waals surface area contributed by atoms with Crippen molar-refractivity contribution in [3.8, 4) is 0 Å². The average Bonchev–Trinajstić information content (AvgIpc) is 2.37. The van der Waals surface area contributed by atoms with Gasteiger partial charge in [-0.25, -0.2) is 0 Å². The highest BCUT2D eigenvalue weighted by atomic mass is 16.7. The molecule has 0 aromatic rings. The SMILES string of the molecule is CC(C)C1OCC(CCN)O1. The Bertz CT molecular complexity index is 117. The zero-order valence-electron chi connectivity index (χ0n) is 7.25. The monoisotopic (exact) mass is 159 g/mol. The fourth-order valence-electron chi connectivity index (χ4n) is 1.16. The molecule has 2 unspecified atom stereocenters. The third-order valence-electron chi connectivity index (χ3n) is 1.81. The minimum atomic E-state index is -0.00782. The van der Waals surface area contributed by atoms with E-state index in [0.29, 0.717) is 19.1 Å². The summed E-state index contributed by atoms with van der Waals surface area (Å²) in [6.45, 7) is 5.57. The molecule has 0 bridgehead atoms. The molecule has 3 nitrogen and oxygen atoms in total. The van der Waals surface area contributed by atoms with Gasteiger partial charge in [-0.05, 0) is 13.0 Å². The Balaban J connectivity index is 2.23. The highest BCUT2D eigenvalue weighted by molar-refractivity contribution is 4.67. The molecule has 0 aliphatic carbocycles. The van der Waals surface area contributed by atoms with Gasteiger partial charge in [-0.15, -0.1) is 0 Å². The summed E-state index contributed by atoms with van der Waals surface area (Å²) in [6.07, 6.45) is 1.13. The maximum Gasteiger partial charge on any atom is 0.160 e. The molecule has 1 aliphatic rings. The van der Waals surface area contributed by atoms with Crippen LogP contribution in [0.1, 0.15) is 20.3 Å². The Hall–Kier alpha value is -0.120. The van der Waals surface area contributed by atoms with E-state index >= 15 is 0 Å². The number of nitrogens with two attached hydrogens (primary N) is 1. The van der Waals surface area contributed by atoms with E-state index in [0.717, 1.165) is 6.42 Å². The van der Waals surface area contributed by atoms with E-state index in [-0.39, 0.29) is 12.4 Å². The Morgan fingerprint density at radius 2 is 2.27 bits per heavy atom. The fourth-order valence-corrected chi connectivity index (χ4v) is 1.16. The molecule has 0 saturated carbocycles. The molecule has 11 heavy (non-hydrogen) atoms. The molecule has 1 rings (SSSR count). The summed E-state index contributed by atoms with van der Waals surface area (Å²) in [5, 5.41) is 0. The molecule has 66 valence electrons. The van der Waals surface area contributed by atoms with E-state index in [1.54, 1.807) is 0 Å². The Morgan fingerprint density at radius 1 is 1.55 bits per heavy atom. The second-order valence-corrected chi connectivity index (χ2v) is 3.28. The van der Waals surface area contributed by atoms with Crippen LogP contribution in [0.3, 0.4) is 0 Å². The van der Waals surface area contributed by atoms with Crippen LogP contribution in [0, 0.1) is 5.92 Å². The number of rotatable bonds is 3. The third kappa shape index (κ3) is 2.43. The topological polar surface area (TPSA) is 44.5 Å². The van der Waals surface area contributed by atoms with E-state index in [2.05, 4.69) is 13.8 Å². The first-order chi connectivity index (χ1) is 5.24. The molecule has 1 fully saturated rings. The molecule has 1 saturated heterocycles. The summed E-state index contributed by atoms with van der Waals surface area (Å²) in [7, 11) is 0. The average molecular weight is 159 g/mol. The molecule has 0 radical (unpaired) electrons. The molecule has 1 heterocycles. The molecular weight excluding hydrogens is 142 g/mol. The predicted octanol–water partition coefficient (Wildman–Crippen LogP) is 0.733. The van der Waals surface area contributed by atoms with Crippen LogP contribution in [0.25, 0.3) is 0 Å². The van der Waals surface area contributed by atoms with E-state index in [4.69, 9.17) is 15.2 Å². The van der Waals surface area contributed by atoms with Gasteiger partial charge in [0.1, 0.15) is 0 Å². The van der Waals surface area contributed by atoms with E-state index in [9.17, 15) is 0 Å². The molecule has 0 aromatic heterocycles. The molecule has 0 spiro atoms. The molecule has 0 amide bonds. The maximum absolute atomic E-state index is 5.56. The van der Waals surface area contributed by atoms with Crippen LogP contribution in [0.5, 0.6) is 0 Å². The molecule has 2 N–H and O–H groups in total. The highest BCUT2D eigenvalue weighted by Crippen LogP contribution is 2.19. The van der Waals surface area contributed by atoms with Gasteiger partial charge in [0.15, 0.2) is 6.29 Å². The van der Waals surface area contributed by atoms with Crippen molar-refractivity contribution in [3.63, 3.8) is 0 Å². The number of hydrogen-bond acceptors (Lipinski definition) is 3. The van der Waals surface area contributed by atoms with Crippen LogP contribution < -0.4 is 5.73 Å². The molecule has 1 aliphatic heterocycles. The van der Waals surface area contributed by atoms with Gasteiger partial charge < -0.3 is 15.2 Å². The maximum atomic E-state index is 5.56. The van der Waals surface area contributed by atoms with Crippen LogP contribution in [-0.4, -0.2) is 25.5 Å². The first kappa shape index (κ1) is 8.97. The highest BCUT2D eigenvalue weighted by Gasteiger charge is 2.27. The fraction of sp³-hybridized carbons (Fsp3) is 1.00. The van der Waals surface area contributed by atoms with Crippen LogP contribution in [0.2, 0.25) is 0 Å². The minimum Gasteiger partial charge on any atom is -0.350 e. The van der Waals surface area contributed by atoms with Gasteiger partial charge >= 0.3 is 0 Å². The Labute approximate surface area is 67.9 Å². The van der Waals surface area contributed by atoms with Crippen molar-refractivity contribution in [2.75, 3.05) is 13.2 Å². The lowest BCUT2D eigenvalue weighted by atomic mass is 10.2. The molecule has 2 atom stereocenters. The second kappa shape index (κ2) is 4.04. The van der Waals surface area contributed by atoms with Gasteiger partial charge in [-0.2, -0.15) is 0 Å². The van der Waals surface area contributed by atoms with E-state index < -0.39 is 0 Å². The summed E-state index contributed by atoms with van der Waals surface area (Å²) in [5.74, 6) is 0.442. The minimum absolute atomic E-state index is 0.00782. The van der Waals surface area contributed by atoms with Gasteiger partial charge in [0.25, 0.3) is 0 Å². The van der Waals surface area contributed by atoms with Crippen molar-refractivity contribution in [2.45, 2.75) is 32.7 Å². The lowest BCUT2D eigenvalue weighted by molar-refractivity contribution is -0.0875. The summed E-state index contributed by atoms with van der Waals surface area (Å²) in [6, 6.07) is 0. The van der Waals surface area contributed by atoms with Gasteiger partial charge in [0.05, 0.1) is 12.7 Å². The summed E-state index contributed by atoms with van der Waals surface area (Å²) in [5.41, 5.74) is 5.39. The van der Waals surface area contributed by atoms with Crippen molar-refractivity contribution >= 4 is 0 Å². The van der Waals surface area contributed by atoms with Crippen molar-refractivity contribution in [1.82, 2.24) is 0 Å². The normalized spacial score (nSPS) is 31.6. The van der Waals surface area contributed by atoms with Gasteiger partial charge in [-0.1, -0.05) is 13.8 Å². The Morgan fingerprint density at radius 3 is 2.73 bits per heavy atom. The summed E-state index contributed by atoms with van der Waals surface area (Å²) in [4.78, 5) is 0. The second-order valence-electron chi connectivity index (χ2n) is 3.28. The number of hydrogen-bond donors (Lipinski definition) is 1. The first-order valence-electron chi connectivity index (χ1n) is 4.21. The number of ether oxygens (including phenoxy) is 2.